The fraction of sp³-hybridized carbons (Fsp3) is 0.0938. The first kappa shape index (κ1) is 30.4. The summed E-state index contributed by atoms with van der Waals surface area (Å²) in [5, 5.41) is 3.11. The second-order valence-electron chi connectivity index (χ2n) is 9.30. The number of carbonyl (C=O) groups excluding carboxylic acids is 3. The molecule has 1 heterocycles. The molecule has 1 aliphatic rings. The summed E-state index contributed by atoms with van der Waals surface area (Å²) >= 11 is 14.2. The molecule has 1 saturated heterocycles. The number of carbonyl (C=O) groups is 3. The van der Waals surface area contributed by atoms with Gasteiger partial charge in [-0.05, 0) is 93.9 Å². The van der Waals surface area contributed by atoms with Gasteiger partial charge in [0.2, 0.25) is 0 Å². The van der Waals surface area contributed by atoms with E-state index in [0.29, 0.717) is 43.0 Å². The molecule has 0 bridgehead atoms. The minimum atomic E-state index is -0.844. The minimum Gasteiger partial charge on any atom is -0.493 e. The smallest absolute Gasteiger partial charge is 0.335 e. The Bertz CT molecular complexity index is 1730. The minimum absolute atomic E-state index is 0.206. The molecule has 0 unspecified atom stereocenters. The molecule has 43 heavy (non-hydrogen) atoms. The van der Waals surface area contributed by atoms with E-state index in [-0.39, 0.29) is 17.9 Å². The third kappa shape index (κ3) is 7.12. The lowest BCUT2D eigenvalue weighted by Crippen LogP contribution is -2.54. The van der Waals surface area contributed by atoms with Crippen molar-refractivity contribution in [2.45, 2.75) is 13.2 Å². The number of urea groups is 1. The first-order valence-corrected chi connectivity index (χ1v) is 14.7. The first-order chi connectivity index (χ1) is 20.7. The Balaban J connectivity index is 1.34. The Morgan fingerprint density at radius 2 is 1.56 bits per heavy atom. The van der Waals surface area contributed by atoms with Gasteiger partial charge in [0.15, 0.2) is 11.5 Å². The van der Waals surface area contributed by atoms with Crippen LogP contribution in [0.2, 0.25) is 10.0 Å². The standard InChI is InChI=1S/C32H23Cl2IN2O6/c1-41-28-16-21(15-27(35)29(28)43-18-20-7-12-25(33)26(34)14-20)13-24-30(38)36-32(40)37(31(24)39)22-8-10-23(11-9-22)42-17-19-5-3-2-4-6-19/h2-16H,17-18H2,1H3,(H,36,38,40)/b24-13+. The summed E-state index contributed by atoms with van der Waals surface area (Å²) in [6, 6.07) is 23.9. The van der Waals surface area contributed by atoms with E-state index in [1.807, 2.05) is 30.3 Å². The predicted octanol–water partition coefficient (Wildman–Crippen LogP) is 7.43. The quantitative estimate of drug-likeness (QED) is 0.110. The summed E-state index contributed by atoms with van der Waals surface area (Å²) in [5.41, 5.74) is 2.38. The molecule has 8 nitrogen and oxygen atoms in total. The number of nitrogens with one attached hydrogen (secondary N) is 1. The highest BCUT2D eigenvalue weighted by Gasteiger charge is 2.37. The number of hydrogen-bond acceptors (Lipinski definition) is 6. The van der Waals surface area contributed by atoms with Gasteiger partial charge in [0.05, 0.1) is 26.4 Å². The first-order valence-electron chi connectivity index (χ1n) is 12.9. The largest absolute Gasteiger partial charge is 0.493 e. The van der Waals surface area contributed by atoms with Crippen LogP contribution in [0, 0.1) is 3.57 Å². The average molecular weight is 729 g/mol. The van der Waals surface area contributed by atoms with Gasteiger partial charge in [-0.25, -0.2) is 9.69 Å². The number of halogens is 3. The zero-order chi connectivity index (χ0) is 30.5. The number of methoxy groups -OCH3 is 1. The maximum absolute atomic E-state index is 13.4. The number of benzene rings is 4. The van der Waals surface area contributed by atoms with E-state index >= 15 is 0 Å². The van der Waals surface area contributed by atoms with Crippen molar-refractivity contribution in [2.24, 2.45) is 0 Å². The number of rotatable bonds is 9. The molecular weight excluding hydrogens is 706 g/mol. The fourth-order valence-corrected chi connectivity index (χ4v) is 5.34. The van der Waals surface area contributed by atoms with Crippen LogP contribution in [0.15, 0.2) is 90.5 Å². The van der Waals surface area contributed by atoms with Crippen LogP contribution in [0.1, 0.15) is 16.7 Å². The van der Waals surface area contributed by atoms with Crippen LogP contribution in [0.25, 0.3) is 6.08 Å². The number of anilines is 1. The van der Waals surface area contributed by atoms with Crippen molar-refractivity contribution in [3.63, 3.8) is 0 Å². The predicted molar refractivity (Wildman–Crippen MR) is 173 cm³/mol. The third-order valence-electron chi connectivity index (χ3n) is 6.37. The van der Waals surface area contributed by atoms with E-state index in [4.69, 9.17) is 37.4 Å². The highest BCUT2D eigenvalue weighted by molar-refractivity contribution is 14.1. The summed E-state index contributed by atoms with van der Waals surface area (Å²) in [4.78, 5) is 39.8. The molecule has 0 radical (unpaired) electrons. The molecule has 0 aliphatic carbocycles. The van der Waals surface area contributed by atoms with Gasteiger partial charge in [-0.1, -0.05) is 59.6 Å². The summed E-state index contributed by atoms with van der Waals surface area (Å²) in [6.07, 6.45) is 1.40. The molecule has 0 atom stereocenters. The molecule has 4 aromatic carbocycles. The highest BCUT2D eigenvalue weighted by atomic mass is 127. The normalized spacial score (nSPS) is 14.1. The van der Waals surface area contributed by atoms with Gasteiger partial charge < -0.3 is 14.2 Å². The molecule has 4 amide bonds. The Kier molecular flexibility index (Phi) is 9.54. The van der Waals surface area contributed by atoms with Crippen LogP contribution < -0.4 is 24.4 Å². The van der Waals surface area contributed by atoms with Crippen LogP contribution in [0.4, 0.5) is 10.5 Å². The van der Waals surface area contributed by atoms with E-state index in [1.165, 1.54) is 13.2 Å². The van der Waals surface area contributed by atoms with Crippen molar-refractivity contribution < 1.29 is 28.6 Å². The van der Waals surface area contributed by atoms with Crippen molar-refractivity contribution in [3.8, 4) is 17.2 Å². The molecule has 0 saturated carbocycles. The number of ether oxygens (including phenoxy) is 3. The van der Waals surface area contributed by atoms with Crippen LogP contribution in [0.3, 0.4) is 0 Å². The molecule has 0 spiro atoms. The molecule has 218 valence electrons. The van der Waals surface area contributed by atoms with E-state index in [0.717, 1.165) is 16.0 Å². The van der Waals surface area contributed by atoms with Gasteiger partial charge in [0.25, 0.3) is 11.8 Å². The van der Waals surface area contributed by atoms with E-state index < -0.39 is 17.8 Å². The van der Waals surface area contributed by atoms with E-state index in [9.17, 15) is 14.4 Å². The summed E-state index contributed by atoms with van der Waals surface area (Å²) in [7, 11) is 1.49. The van der Waals surface area contributed by atoms with Crippen molar-refractivity contribution >= 4 is 75.4 Å². The Hall–Kier alpha value is -4.06. The zero-order valence-corrected chi connectivity index (χ0v) is 26.3. The molecule has 11 heteroatoms. The number of barbiturate groups is 1. The van der Waals surface area contributed by atoms with Crippen LogP contribution in [0.5, 0.6) is 17.2 Å². The topological polar surface area (TPSA) is 94.2 Å². The van der Waals surface area contributed by atoms with Crippen molar-refractivity contribution in [1.29, 1.82) is 0 Å². The Morgan fingerprint density at radius 1 is 0.837 bits per heavy atom. The van der Waals surface area contributed by atoms with Gasteiger partial charge in [-0.3, -0.25) is 14.9 Å². The lowest BCUT2D eigenvalue weighted by molar-refractivity contribution is -0.122. The lowest BCUT2D eigenvalue weighted by atomic mass is 10.1. The Morgan fingerprint density at radius 3 is 2.26 bits per heavy atom. The molecule has 1 fully saturated rings. The molecule has 4 aromatic rings. The van der Waals surface area contributed by atoms with Crippen molar-refractivity contribution in [3.05, 3.63) is 121 Å². The fourth-order valence-electron chi connectivity index (χ4n) is 4.24. The molecule has 1 aliphatic heterocycles. The number of hydrogen-bond donors (Lipinski definition) is 1. The molecular formula is C32H23Cl2IN2O6. The second-order valence-corrected chi connectivity index (χ2v) is 11.3. The van der Waals surface area contributed by atoms with Crippen LogP contribution >= 0.6 is 45.8 Å². The average Bonchev–Trinajstić information content (AvgIpc) is 3.00. The van der Waals surface area contributed by atoms with Gasteiger partial charge in [0.1, 0.15) is 24.5 Å². The maximum Gasteiger partial charge on any atom is 0.335 e. The maximum atomic E-state index is 13.4. The number of imide groups is 2. The van der Waals surface area contributed by atoms with Crippen LogP contribution in [-0.4, -0.2) is 25.0 Å². The number of amides is 4. The van der Waals surface area contributed by atoms with Gasteiger partial charge in [-0.15, -0.1) is 0 Å². The Labute approximate surface area is 271 Å². The molecule has 1 N–H and O–H groups in total. The molecule has 5 rings (SSSR count). The van der Waals surface area contributed by atoms with E-state index in [2.05, 4.69) is 27.9 Å². The zero-order valence-electron chi connectivity index (χ0n) is 22.6. The van der Waals surface area contributed by atoms with E-state index in [1.54, 1.807) is 54.6 Å². The molecule has 0 aromatic heterocycles. The van der Waals surface area contributed by atoms with Crippen LogP contribution in [-0.2, 0) is 22.8 Å². The second kappa shape index (κ2) is 13.5. The summed E-state index contributed by atoms with van der Waals surface area (Å²) in [6.45, 7) is 0.573. The van der Waals surface area contributed by atoms with Gasteiger partial charge in [0, 0.05) is 0 Å². The summed E-state index contributed by atoms with van der Waals surface area (Å²) in [5.74, 6) is -0.139. The SMILES string of the molecule is COc1cc(/C=C2\C(=O)NC(=O)N(c3ccc(OCc4ccccc4)cc3)C2=O)cc(I)c1OCc1ccc(Cl)c(Cl)c1. The lowest BCUT2D eigenvalue weighted by Gasteiger charge is -2.26. The van der Waals surface area contributed by atoms with Crippen molar-refractivity contribution in [1.82, 2.24) is 5.32 Å². The van der Waals surface area contributed by atoms with Gasteiger partial charge in [-0.2, -0.15) is 0 Å². The monoisotopic (exact) mass is 728 g/mol. The third-order valence-corrected chi connectivity index (χ3v) is 7.92. The van der Waals surface area contributed by atoms with Gasteiger partial charge >= 0.3 is 6.03 Å². The highest BCUT2D eigenvalue weighted by Crippen LogP contribution is 2.36. The summed E-state index contributed by atoms with van der Waals surface area (Å²) < 4.78 is 18.0. The van der Waals surface area contributed by atoms with Crippen molar-refractivity contribution in [2.75, 3.05) is 12.0 Å². The number of nitrogens with zero attached hydrogens (tertiary/aromatic N) is 1.